The normalized spacial score (nSPS) is 10.6. The van der Waals surface area contributed by atoms with Crippen LogP contribution in [0.1, 0.15) is 26.3 Å². The molecule has 134 valence electrons. The summed E-state index contributed by atoms with van der Waals surface area (Å²) >= 11 is 0. The monoisotopic (exact) mass is 370 g/mol. The minimum absolute atomic E-state index is 0.0780. The number of benzene rings is 2. The topological polar surface area (TPSA) is 92.3 Å². The van der Waals surface area contributed by atoms with Gasteiger partial charge in [0.25, 0.3) is 11.8 Å². The minimum Gasteiger partial charge on any atom is -0.341 e. The van der Waals surface area contributed by atoms with Gasteiger partial charge in [0, 0.05) is 11.8 Å². The molecule has 26 heavy (non-hydrogen) atoms. The highest BCUT2D eigenvalue weighted by atomic mass is 32.2. The first kappa shape index (κ1) is 19.2. The Labute approximate surface area is 152 Å². The van der Waals surface area contributed by atoms with Crippen molar-refractivity contribution in [1.29, 1.82) is 0 Å². The average molecular weight is 370 g/mol. The Balaban J connectivity index is 2.22. The number of terminal acetylenes is 1. The van der Waals surface area contributed by atoms with Gasteiger partial charge in [0.1, 0.15) is 0 Å². The van der Waals surface area contributed by atoms with Gasteiger partial charge in [-0.15, -0.1) is 6.42 Å². The Morgan fingerprint density at radius 3 is 2.50 bits per heavy atom. The summed E-state index contributed by atoms with van der Waals surface area (Å²) in [5.41, 5.74) is 1.43. The maximum absolute atomic E-state index is 12.5. The van der Waals surface area contributed by atoms with Crippen molar-refractivity contribution in [3.8, 4) is 12.3 Å². The second-order valence-corrected chi connectivity index (χ2v) is 7.80. The molecule has 0 aromatic heterocycles. The van der Waals surface area contributed by atoms with Crippen LogP contribution in [0.5, 0.6) is 0 Å². The molecule has 0 atom stereocenters. The Bertz CT molecular complexity index is 975. The van der Waals surface area contributed by atoms with Crippen molar-refractivity contribution in [2.45, 2.75) is 5.75 Å². The van der Waals surface area contributed by atoms with Crippen LogP contribution in [0, 0.1) is 12.3 Å². The van der Waals surface area contributed by atoms with E-state index in [1.54, 1.807) is 42.5 Å². The van der Waals surface area contributed by atoms with Gasteiger partial charge in [0.15, 0.2) is 9.84 Å². The average Bonchev–Trinajstić information content (AvgIpc) is 2.59. The number of carbonyl (C=O) groups excluding carboxylic acids is 2. The summed E-state index contributed by atoms with van der Waals surface area (Å²) in [7, 11) is -3.21. The highest BCUT2D eigenvalue weighted by molar-refractivity contribution is 7.89. The second kappa shape index (κ2) is 8.32. The lowest BCUT2D eigenvalue weighted by Gasteiger charge is -2.11. The van der Waals surface area contributed by atoms with Crippen LogP contribution < -0.4 is 10.6 Å². The van der Waals surface area contributed by atoms with Crippen molar-refractivity contribution in [1.82, 2.24) is 5.32 Å². The molecule has 0 aliphatic heterocycles. The van der Waals surface area contributed by atoms with Crippen LogP contribution in [0.3, 0.4) is 0 Å². The highest BCUT2D eigenvalue weighted by Gasteiger charge is 2.14. The molecule has 2 aromatic rings. The van der Waals surface area contributed by atoms with E-state index >= 15 is 0 Å². The molecule has 6 nitrogen and oxygen atoms in total. The van der Waals surface area contributed by atoms with E-state index in [0.717, 1.165) is 6.26 Å². The van der Waals surface area contributed by atoms with E-state index in [-0.39, 0.29) is 17.9 Å². The van der Waals surface area contributed by atoms with Crippen LogP contribution in [0.2, 0.25) is 0 Å². The Kier molecular flexibility index (Phi) is 6.15. The van der Waals surface area contributed by atoms with Crippen molar-refractivity contribution in [2.24, 2.45) is 0 Å². The molecule has 7 heteroatoms. The van der Waals surface area contributed by atoms with Crippen molar-refractivity contribution in [3.63, 3.8) is 0 Å². The number of hydrogen-bond acceptors (Lipinski definition) is 4. The summed E-state index contributed by atoms with van der Waals surface area (Å²) < 4.78 is 22.8. The fraction of sp³-hybridized carbons (Fsp3) is 0.158. The standard InChI is InChI=1S/C19H18N2O4S/c1-3-11-20-19(23)16-9-4-5-10-17(16)21-18(22)15-8-6-7-14(12-15)13-26(2,24)25/h1,4-10,12H,11,13H2,2H3,(H,20,23)(H,21,22). The maximum Gasteiger partial charge on any atom is 0.255 e. The van der Waals surface area contributed by atoms with E-state index in [1.165, 1.54) is 6.07 Å². The molecule has 0 fully saturated rings. The minimum atomic E-state index is -3.21. The molecule has 2 aromatic carbocycles. The Morgan fingerprint density at radius 1 is 1.08 bits per heavy atom. The van der Waals surface area contributed by atoms with Crippen LogP contribution in [-0.2, 0) is 15.6 Å². The number of anilines is 1. The fourth-order valence-electron chi connectivity index (χ4n) is 2.32. The summed E-state index contributed by atoms with van der Waals surface area (Å²) in [4.78, 5) is 24.6. The molecule has 0 aliphatic carbocycles. The molecule has 2 amide bonds. The summed E-state index contributed by atoms with van der Waals surface area (Å²) in [5.74, 6) is 1.31. The van der Waals surface area contributed by atoms with Crippen LogP contribution >= 0.6 is 0 Å². The maximum atomic E-state index is 12.5. The molecule has 0 unspecified atom stereocenters. The van der Waals surface area contributed by atoms with E-state index in [2.05, 4.69) is 16.6 Å². The van der Waals surface area contributed by atoms with Gasteiger partial charge in [-0.3, -0.25) is 9.59 Å². The predicted octanol–water partition coefficient (Wildman–Crippen LogP) is 1.85. The lowest BCUT2D eigenvalue weighted by atomic mass is 10.1. The van der Waals surface area contributed by atoms with E-state index < -0.39 is 21.7 Å². The van der Waals surface area contributed by atoms with Gasteiger partial charge in [-0.05, 0) is 29.8 Å². The first-order valence-corrected chi connectivity index (χ1v) is 9.75. The number of para-hydroxylation sites is 1. The van der Waals surface area contributed by atoms with Crippen molar-refractivity contribution < 1.29 is 18.0 Å². The number of nitrogens with one attached hydrogen (secondary N) is 2. The van der Waals surface area contributed by atoms with Crippen LogP contribution in [0.4, 0.5) is 5.69 Å². The van der Waals surface area contributed by atoms with E-state index in [4.69, 9.17) is 6.42 Å². The van der Waals surface area contributed by atoms with Crippen LogP contribution in [-0.4, -0.2) is 33.0 Å². The quantitative estimate of drug-likeness (QED) is 0.759. The van der Waals surface area contributed by atoms with Crippen molar-refractivity contribution in [2.75, 3.05) is 18.1 Å². The van der Waals surface area contributed by atoms with Gasteiger partial charge < -0.3 is 10.6 Å². The van der Waals surface area contributed by atoms with E-state index in [9.17, 15) is 18.0 Å². The predicted molar refractivity (Wildman–Crippen MR) is 101 cm³/mol. The second-order valence-electron chi connectivity index (χ2n) is 5.66. The van der Waals surface area contributed by atoms with Gasteiger partial charge in [0.05, 0.1) is 23.5 Å². The first-order valence-electron chi connectivity index (χ1n) is 7.69. The molecule has 0 radical (unpaired) electrons. The zero-order chi connectivity index (χ0) is 19.2. The molecular weight excluding hydrogens is 352 g/mol. The van der Waals surface area contributed by atoms with E-state index in [0.29, 0.717) is 16.8 Å². The molecule has 0 bridgehead atoms. The molecule has 0 spiro atoms. The van der Waals surface area contributed by atoms with E-state index in [1.807, 2.05) is 0 Å². The Hall–Kier alpha value is -3.11. The molecule has 0 aliphatic rings. The molecule has 2 rings (SSSR count). The van der Waals surface area contributed by atoms with Gasteiger partial charge in [-0.2, -0.15) is 0 Å². The van der Waals surface area contributed by atoms with Gasteiger partial charge in [-0.1, -0.05) is 30.2 Å². The number of rotatable bonds is 6. The van der Waals surface area contributed by atoms with Crippen molar-refractivity contribution >= 4 is 27.3 Å². The van der Waals surface area contributed by atoms with Crippen LogP contribution in [0.25, 0.3) is 0 Å². The molecule has 2 N–H and O–H groups in total. The SMILES string of the molecule is C#CCNC(=O)c1ccccc1NC(=O)c1cccc(CS(C)(=O)=O)c1. The summed E-state index contributed by atoms with van der Waals surface area (Å²) in [5, 5.41) is 5.22. The number of hydrogen-bond donors (Lipinski definition) is 2. The lowest BCUT2D eigenvalue weighted by molar-refractivity contribution is 0.0959. The number of amides is 2. The zero-order valence-electron chi connectivity index (χ0n) is 14.2. The number of carbonyl (C=O) groups is 2. The molecule has 0 heterocycles. The highest BCUT2D eigenvalue weighted by Crippen LogP contribution is 2.17. The first-order chi connectivity index (χ1) is 12.3. The third kappa shape index (κ3) is 5.46. The molecule has 0 saturated heterocycles. The summed E-state index contributed by atoms with van der Waals surface area (Å²) in [6.07, 6.45) is 6.26. The largest absolute Gasteiger partial charge is 0.341 e. The fourth-order valence-corrected chi connectivity index (χ4v) is 3.10. The Morgan fingerprint density at radius 2 is 1.81 bits per heavy atom. The molecular formula is C19H18N2O4S. The van der Waals surface area contributed by atoms with Crippen molar-refractivity contribution in [3.05, 3.63) is 65.2 Å². The van der Waals surface area contributed by atoms with Gasteiger partial charge in [-0.25, -0.2) is 8.42 Å². The lowest BCUT2D eigenvalue weighted by Crippen LogP contribution is -2.25. The third-order valence-corrected chi connectivity index (χ3v) is 4.25. The third-order valence-electron chi connectivity index (χ3n) is 3.39. The van der Waals surface area contributed by atoms with Gasteiger partial charge >= 0.3 is 0 Å². The summed E-state index contributed by atoms with van der Waals surface area (Å²) in [6.45, 7) is 0.0780. The smallest absolute Gasteiger partial charge is 0.255 e. The number of sulfone groups is 1. The van der Waals surface area contributed by atoms with Gasteiger partial charge in [0.2, 0.25) is 0 Å². The molecule has 0 saturated carbocycles. The zero-order valence-corrected chi connectivity index (χ0v) is 15.0. The summed E-state index contributed by atoms with van der Waals surface area (Å²) in [6, 6.07) is 12.9. The van der Waals surface area contributed by atoms with Crippen LogP contribution in [0.15, 0.2) is 48.5 Å².